The predicted octanol–water partition coefficient (Wildman–Crippen LogP) is 7.40. The summed E-state index contributed by atoms with van der Waals surface area (Å²) in [5.74, 6) is 2.54. The molecule has 0 saturated carbocycles. The first-order chi connectivity index (χ1) is 17.3. The van der Waals surface area contributed by atoms with Crippen LogP contribution in [0.2, 0.25) is 0 Å². The molecule has 0 unspecified atom stereocenters. The van der Waals surface area contributed by atoms with E-state index in [1.54, 1.807) is 7.11 Å². The van der Waals surface area contributed by atoms with Gasteiger partial charge in [0.15, 0.2) is 0 Å². The fraction of sp³-hybridized carbons (Fsp3) is 0.516. The summed E-state index contributed by atoms with van der Waals surface area (Å²) in [6.45, 7) is 6.68. The molecule has 0 atom stereocenters. The summed E-state index contributed by atoms with van der Waals surface area (Å²) in [7, 11) is 1.73. The lowest BCUT2D eigenvalue weighted by molar-refractivity contribution is 0.207. The highest BCUT2D eigenvalue weighted by atomic mass is 16.5. The number of aromatic nitrogens is 1. The van der Waals surface area contributed by atoms with Gasteiger partial charge in [0.05, 0.1) is 19.2 Å². The number of piperidine rings is 1. The van der Waals surface area contributed by atoms with Gasteiger partial charge in [-0.1, -0.05) is 56.5 Å². The van der Waals surface area contributed by atoms with Gasteiger partial charge in [0.1, 0.15) is 11.5 Å². The molecule has 35 heavy (non-hydrogen) atoms. The third-order valence-corrected chi connectivity index (χ3v) is 7.30. The highest BCUT2D eigenvalue weighted by Gasteiger charge is 2.19. The lowest BCUT2D eigenvalue weighted by Crippen LogP contribution is -2.33. The molecule has 1 fully saturated rings. The van der Waals surface area contributed by atoms with Crippen LogP contribution in [-0.2, 0) is 6.42 Å². The summed E-state index contributed by atoms with van der Waals surface area (Å²) in [5, 5.41) is 1.03. The maximum absolute atomic E-state index is 6.07. The molecule has 1 aliphatic heterocycles. The quantitative estimate of drug-likeness (QED) is 0.242. The van der Waals surface area contributed by atoms with Crippen LogP contribution in [0.15, 0.2) is 54.6 Å². The molecule has 4 heteroatoms. The molecule has 2 aromatic carbocycles. The molecular formula is C31H42N2O2. The van der Waals surface area contributed by atoms with Crippen molar-refractivity contribution in [2.24, 2.45) is 0 Å². The molecule has 3 aromatic rings. The zero-order chi connectivity index (χ0) is 24.3. The number of hydrogen-bond donors (Lipinski definition) is 0. The SMILES string of the molecule is CCCCc1cc(OC)c2cc(OCCCCCCN3CCC(c4ccccc4)CC3)ccc2n1. The van der Waals surface area contributed by atoms with E-state index < -0.39 is 0 Å². The third-order valence-electron chi connectivity index (χ3n) is 7.30. The summed E-state index contributed by atoms with van der Waals surface area (Å²) >= 11 is 0. The molecule has 4 nitrogen and oxygen atoms in total. The lowest BCUT2D eigenvalue weighted by Gasteiger charge is -2.32. The standard InChI is InChI=1S/C31H42N2O2/c1-3-4-14-27-23-31(34-2)29-24-28(15-16-30(29)32-27)35-22-11-6-5-10-19-33-20-17-26(18-21-33)25-12-8-7-9-13-25/h7-9,12-13,15-16,23-24,26H,3-6,10-11,14,17-22H2,1-2H3. The van der Waals surface area contributed by atoms with Gasteiger partial charge in [-0.05, 0) is 87.8 Å². The molecule has 1 aliphatic rings. The second kappa shape index (κ2) is 13.5. The van der Waals surface area contributed by atoms with Crippen molar-refractivity contribution in [2.45, 2.75) is 70.6 Å². The number of pyridine rings is 1. The predicted molar refractivity (Wildman–Crippen MR) is 146 cm³/mol. The van der Waals surface area contributed by atoms with E-state index in [9.17, 15) is 0 Å². The number of ether oxygens (including phenoxy) is 2. The van der Waals surface area contributed by atoms with E-state index >= 15 is 0 Å². The Balaban J connectivity index is 1.13. The number of methoxy groups -OCH3 is 1. The fourth-order valence-corrected chi connectivity index (χ4v) is 5.17. The summed E-state index contributed by atoms with van der Waals surface area (Å²) in [6.07, 6.45) is 10.8. The van der Waals surface area contributed by atoms with Gasteiger partial charge in [0.2, 0.25) is 0 Å². The van der Waals surface area contributed by atoms with Crippen LogP contribution in [0.3, 0.4) is 0 Å². The summed E-state index contributed by atoms with van der Waals surface area (Å²) in [5.41, 5.74) is 3.60. The largest absolute Gasteiger partial charge is 0.496 e. The summed E-state index contributed by atoms with van der Waals surface area (Å²) in [6, 6.07) is 19.3. The average Bonchev–Trinajstić information content (AvgIpc) is 2.91. The van der Waals surface area contributed by atoms with Gasteiger partial charge >= 0.3 is 0 Å². The van der Waals surface area contributed by atoms with Crippen LogP contribution < -0.4 is 9.47 Å². The number of unbranched alkanes of at least 4 members (excludes halogenated alkanes) is 4. The van der Waals surface area contributed by atoms with Gasteiger partial charge < -0.3 is 14.4 Å². The number of likely N-dealkylation sites (tertiary alicyclic amines) is 1. The van der Waals surface area contributed by atoms with Crippen LogP contribution >= 0.6 is 0 Å². The molecule has 0 N–H and O–H groups in total. The maximum atomic E-state index is 6.07. The Morgan fingerprint density at radius 3 is 2.49 bits per heavy atom. The molecule has 0 aliphatic carbocycles. The fourth-order valence-electron chi connectivity index (χ4n) is 5.17. The number of hydrogen-bond acceptors (Lipinski definition) is 4. The molecule has 0 spiro atoms. The number of rotatable bonds is 13. The summed E-state index contributed by atoms with van der Waals surface area (Å²) in [4.78, 5) is 7.46. The minimum atomic E-state index is 0.749. The first-order valence-electron chi connectivity index (χ1n) is 13.6. The maximum Gasteiger partial charge on any atom is 0.130 e. The lowest BCUT2D eigenvalue weighted by atomic mass is 9.89. The van der Waals surface area contributed by atoms with Crippen LogP contribution in [0.1, 0.15) is 75.5 Å². The van der Waals surface area contributed by atoms with Gasteiger partial charge in [0, 0.05) is 17.1 Å². The molecule has 1 aromatic heterocycles. The number of fused-ring (bicyclic) bond motifs is 1. The Kier molecular flexibility index (Phi) is 9.83. The Bertz CT molecular complexity index is 1030. The topological polar surface area (TPSA) is 34.6 Å². The first kappa shape index (κ1) is 25.5. The molecule has 0 radical (unpaired) electrons. The van der Waals surface area contributed by atoms with Crippen molar-refractivity contribution in [3.63, 3.8) is 0 Å². The number of aryl methyl sites for hydroxylation is 1. The highest BCUT2D eigenvalue weighted by Crippen LogP contribution is 2.30. The van der Waals surface area contributed by atoms with Crippen molar-refractivity contribution in [3.05, 3.63) is 65.9 Å². The average molecular weight is 475 g/mol. The van der Waals surface area contributed by atoms with E-state index in [-0.39, 0.29) is 0 Å². The van der Waals surface area contributed by atoms with Gasteiger partial charge in [-0.15, -0.1) is 0 Å². The molecule has 4 rings (SSSR count). The molecule has 2 heterocycles. The van der Waals surface area contributed by atoms with Crippen LogP contribution in [0.5, 0.6) is 11.5 Å². The monoisotopic (exact) mass is 474 g/mol. The van der Waals surface area contributed by atoms with Crippen LogP contribution in [0.25, 0.3) is 10.9 Å². The van der Waals surface area contributed by atoms with Crippen LogP contribution in [0, 0.1) is 0 Å². The van der Waals surface area contributed by atoms with Gasteiger partial charge in [-0.25, -0.2) is 0 Å². The number of nitrogens with zero attached hydrogens (tertiary/aromatic N) is 2. The van der Waals surface area contributed by atoms with E-state index in [0.717, 1.165) is 59.9 Å². The Morgan fingerprint density at radius 1 is 0.914 bits per heavy atom. The second-order valence-corrected chi connectivity index (χ2v) is 9.89. The second-order valence-electron chi connectivity index (χ2n) is 9.89. The molecule has 188 valence electrons. The highest BCUT2D eigenvalue weighted by molar-refractivity contribution is 5.86. The zero-order valence-electron chi connectivity index (χ0n) is 21.7. The van der Waals surface area contributed by atoms with Crippen molar-refractivity contribution in [1.29, 1.82) is 0 Å². The Hall–Kier alpha value is -2.59. The smallest absolute Gasteiger partial charge is 0.130 e. The van der Waals surface area contributed by atoms with Crippen molar-refractivity contribution >= 4 is 10.9 Å². The molecule has 0 bridgehead atoms. The normalized spacial score (nSPS) is 14.9. The van der Waals surface area contributed by atoms with E-state index in [0.29, 0.717) is 0 Å². The molecule has 0 amide bonds. The minimum absolute atomic E-state index is 0.749. The minimum Gasteiger partial charge on any atom is -0.496 e. The number of benzene rings is 2. The van der Waals surface area contributed by atoms with Crippen LogP contribution in [-0.4, -0.2) is 43.2 Å². The third kappa shape index (κ3) is 7.44. The Labute approximate surface area is 211 Å². The van der Waals surface area contributed by atoms with Crippen molar-refractivity contribution in [2.75, 3.05) is 33.4 Å². The van der Waals surface area contributed by atoms with Gasteiger partial charge in [-0.3, -0.25) is 4.98 Å². The van der Waals surface area contributed by atoms with Crippen molar-refractivity contribution < 1.29 is 9.47 Å². The van der Waals surface area contributed by atoms with Crippen molar-refractivity contribution in [1.82, 2.24) is 9.88 Å². The Morgan fingerprint density at radius 2 is 1.71 bits per heavy atom. The summed E-state index contributed by atoms with van der Waals surface area (Å²) < 4.78 is 11.7. The van der Waals surface area contributed by atoms with Gasteiger partial charge in [-0.2, -0.15) is 0 Å². The van der Waals surface area contributed by atoms with E-state index in [1.807, 2.05) is 6.07 Å². The van der Waals surface area contributed by atoms with Crippen LogP contribution in [0.4, 0.5) is 0 Å². The van der Waals surface area contributed by atoms with Crippen molar-refractivity contribution in [3.8, 4) is 11.5 Å². The first-order valence-corrected chi connectivity index (χ1v) is 13.6. The molecular weight excluding hydrogens is 432 g/mol. The van der Waals surface area contributed by atoms with E-state index in [2.05, 4.69) is 60.4 Å². The van der Waals surface area contributed by atoms with E-state index in [4.69, 9.17) is 14.5 Å². The zero-order valence-corrected chi connectivity index (χ0v) is 21.7. The molecule has 1 saturated heterocycles. The van der Waals surface area contributed by atoms with Gasteiger partial charge in [0.25, 0.3) is 0 Å². The van der Waals surface area contributed by atoms with E-state index in [1.165, 1.54) is 63.7 Å².